The van der Waals surface area contributed by atoms with Crippen LogP contribution in [0.5, 0.6) is 0 Å². The molecule has 0 radical (unpaired) electrons. The van der Waals surface area contributed by atoms with Crippen LogP contribution in [0, 0.1) is 13.8 Å². The molecular weight excluding hydrogens is 308 g/mol. The third kappa shape index (κ3) is 5.80. The molecule has 2 aromatic rings. The van der Waals surface area contributed by atoms with E-state index in [1.165, 1.54) is 16.7 Å². The standard InChI is InChI=1S/C19H21ClN2O/c1-14-11-15(2)13-17(12-14)4-3-16-5-7-18(8-6-16)22-19(23)21-10-9-20/h3-8,11-13H,9-10H2,1-2H3,(H2,21,22,23)/b4-3+. The Labute approximate surface area is 142 Å². The van der Waals surface area contributed by atoms with Gasteiger partial charge in [-0.1, -0.05) is 53.6 Å². The summed E-state index contributed by atoms with van der Waals surface area (Å²) in [6.45, 7) is 4.64. The highest BCUT2D eigenvalue weighted by molar-refractivity contribution is 6.18. The van der Waals surface area contributed by atoms with Crippen LogP contribution < -0.4 is 10.6 Å². The van der Waals surface area contributed by atoms with E-state index in [1.807, 2.05) is 24.3 Å². The number of alkyl halides is 1. The number of nitrogens with one attached hydrogen (secondary N) is 2. The van der Waals surface area contributed by atoms with Gasteiger partial charge in [-0.3, -0.25) is 0 Å². The fraction of sp³-hybridized carbons (Fsp3) is 0.211. The van der Waals surface area contributed by atoms with Crippen LogP contribution in [0.3, 0.4) is 0 Å². The summed E-state index contributed by atoms with van der Waals surface area (Å²) in [6, 6.07) is 13.9. The topological polar surface area (TPSA) is 41.1 Å². The monoisotopic (exact) mass is 328 g/mol. The van der Waals surface area contributed by atoms with Gasteiger partial charge in [0.15, 0.2) is 0 Å². The molecule has 0 bridgehead atoms. The Morgan fingerprint density at radius 3 is 2.22 bits per heavy atom. The maximum absolute atomic E-state index is 11.5. The van der Waals surface area contributed by atoms with Crippen molar-refractivity contribution in [2.24, 2.45) is 0 Å². The van der Waals surface area contributed by atoms with Crippen LogP contribution in [-0.2, 0) is 0 Å². The number of carbonyl (C=O) groups excluding carboxylic acids is 1. The molecule has 23 heavy (non-hydrogen) atoms. The first-order valence-electron chi connectivity index (χ1n) is 7.54. The second-order valence-corrected chi connectivity index (χ2v) is 5.82. The highest BCUT2D eigenvalue weighted by Crippen LogP contribution is 2.15. The average molecular weight is 329 g/mol. The maximum Gasteiger partial charge on any atom is 0.319 e. The van der Waals surface area contributed by atoms with Crippen molar-refractivity contribution in [1.82, 2.24) is 5.32 Å². The molecule has 2 aromatic carbocycles. The Hall–Kier alpha value is -2.26. The number of benzene rings is 2. The van der Waals surface area contributed by atoms with E-state index < -0.39 is 0 Å². The first kappa shape index (κ1) is 17.1. The minimum absolute atomic E-state index is 0.246. The average Bonchev–Trinajstić information content (AvgIpc) is 2.51. The predicted octanol–water partition coefficient (Wildman–Crippen LogP) is 4.83. The largest absolute Gasteiger partial charge is 0.337 e. The van der Waals surface area contributed by atoms with Crippen LogP contribution in [0.2, 0.25) is 0 Å². The van der Waals surface area contributed by atoms with Crippen molar-refractivity contribution in [2.75, 3.05) is 17.7 Å². The van der Waals surface area contributed by atoms with Crippen molar-refractivity contribution in [2.45, 2.75) is 13.8 Å². The lowest BCUT2D eigenvalue weighted by Crippen LogP contribution is -2.30. The molecule has 0 saturated heterocycles. The lowest BCUT2D eigenvalue weighted by molar-refractivity contribution is 0.252. The minimum atomic E-state index is -0.246. The molecule has 3 nitrogen and oxygen atoms in total. The lowest BCUT2D eigenvalue weighted by atomic mass is 10.1. The van der Waals surface area contributed by atoms with Gasteiger partial charge >= 0.3 is 6.03 Å². The molecule has 2 N–H and O–H groups in total. The lowest BCUT2D eigenvalue weighted by Gasteiger charge is -2.06. The fourth-order valence-corrected chi connectivity index (χ4v) is 2.41. The third-order valence-electron chi connectivity index (χ3n) is 3.26. The van der Waals surface area contributed by atoms with Crippen LogP contribution in [-0.4, -0.2) is 18.5 Å². The van der Waals surface area contributed by atoms with E-state index in [4.69, 9.17) is 11.6 Å². The summed E-state index contributed by atoms with van der Waals surface area (Å²) in [7, 11) is 0. The van der Waals surface area contributed by atoms with Crippen molar-refractivity contribution in [3.8, 4) is 0 Å². The van der Waals surface area contributed by atoms with Crippen LogP contribution in [0.1, 0.15) is 22.3 Å². The Morgan fingerprint density at radius 1 is 1.00 bits per heavy atom. The predicted molar refractivity (Wildman–Crippen MR) is 99.0 cm³/mol. The molecule has 0 aliphatic rings. The van der Waals surface area contributed by atoms with Crippen molar-refractivity contribution in [3.63, 3.8) is 0 Å². The van der Waals surface area contributed by atoms with Gasteiger partial charge < -0.3 is 10.6 Å². The normalized spacial score (nSPS) is 10.7. The molecule has 0 aliphatic heterocycles. The summed E-state index contributed by atoms with van der Waals surface area (Å²) in [5.74, 6) is 0.398. The molecule has 0 heterocycles. The third-order valence-corrected chi connectivity index (χ3v) is 3.45. The Balaban J connectivity index is 1.99. The van der Waals surface area contributed by atoms with E-state index in [0.717, 1.165) is 11.3 Å². The van der Waals surface area contributed by atoms with E-state index >= 15 is 0 Å². The molecule has 0 aliphatic carbocycles. The summed E-state index contributed by atoms with van der Waals surface area (Å²) in [5.41, 5.74) is 5.53. The summed E-state index contributed by atoms with van der Waals surface area (Å²) in [5, 5.41) is 5.42. The molecule has 0 atom stereocenters. The van der Waals surface area contributed by atoms with Crippen molar-refractivity contribution >= 4 is 35.5 Å². The first-order valence-corrected chi connectivity index (χ1v) is 8.07. The number of urea groups is 1. The smallest absolute Gasteiger partial charge is 0.319 e. The van der Waals surface area contributed by atoms with Crippen LogP contribution in [0.15, 0.2) is 42.5 Å². The Kier molecular flexibility index (Phi) is 6.24. The molecule has 0 fully saturated rings. The van der Waals surface area contributed by atoms with Gasteiger partial charge in [-0.15, -0.1) is 11.6 Å². The van der Waals surface area contributed by atoms with E-state index in [9.17, 15) is 4.79 Å². The minimum Gasteiger partial charge on any atom is -0.337 e. The second kappa shape index (κ2) is 8.39. The quantitative estimate of drug-likeness (QED) is 0.598. The van der Waals surface area contributed by atoms with Crippen molar-refractivity contribution in [3.05, 3.63) is 64.7 Å². The van der Waals surface area contributed by atoms with Crippen molar-refractivity contribution in [1.29, 1.82) is 0 Å². The number of anilines is 1. The number of aryl methyl sites for hydroxylation is 2. The van der Waals surface area contributed by atoms with Crippen LogP contribution in [0.4, 0.5) is 10.5 Å². The Morgan fingerprint density at radius 2 is 1.61 bits per heavy atom. The first-order chi connectivity index (χ1) is 11.1. The summed E-state index contributed by atoms with van der Waals surface area (Å²) in [4.78, 5) is 11.5. The van der Waals surface area contributed by atoms with E-state index in [0.29, 0.717) is 12.4 Å². The highest BCUT2D eigenvalue weighted by Gasteiger charge is 2.00. The molecule has 4 heteroatoms. The number of rotatable bonds is 5. The van der Waals surface area contributed by atoms with E-state index in [1.54, 1.807) is 0 Å². The Bertz CT molecular complexity index is 673. The van der Waals surface area contributed by atoms with Crippen LogP contribution >= 0.6 is 11.6 Å². The number of halogens is 1. The molecule has 2 rings (SSSR count). The second-order valence-electron chi connectivity index (χ2n) is 5.45. The zero-order valence-electron chi connectivity index (χ0n) is 13.4. The molecule has 0 spiro atoms. The number of amides is 2. The van der Waals surface area contributed by atoms with Gasteiger partial charge in [0.05, 0.1) is 0 Å². The summed E-state index contributed by atoms with van der Waals surface area (Å²) >= 11 is 5.52. The van der Waals surface area contributed by atoms with Gasteiger partial charge in [-0.2, -0.15) is 0 Å². The van der Waals surface area contributed by atoms with Gasteiger partial charge in [-0.05, 0) is 37.1 Å². The van der Waals surface area contributed by atoms with E-state index in [2.05, 4.69) is 54.8 Å². The molecule has 120 valence electrons. The molecule has 0 aromatic heterocycles. The van der Waals surface area contributed by atoms with Gasteiger partial charge in [0, 0.05) is 18.1 Å². The highest BCUT2D eigenvalue weighted by atomic mass is 35.5. The molecule has 2 amide bonds. The SMILES string of the molecule is Cc1cc(C)cc(/C=C/c2ccc(NC(=O)NCCCl)cc2)c1. The van der Waals surface area contributed by atoms with Crippen LogP contribution in [0.25, 0.3) is 12.2 Å². The molecule has 0 saturated carbocycles. The fourth-order valence-electron chi connectivity index (χ4n) is 2.31. The van der Waals surface area contributed by atoms with Gasteiger partial charge in [0.2, 0.25) is 0 Å². The maximum atomic E-state index is 11.5. The summed E-state index contributed by atoms with van der Waals surface area (Å²) in [6.07, 6.45) is 4.15. The zero-order valence-corrected chi connectivity index (χ0v) is 14.2. The summed E-state index contributed by atoms with van der Waals surface area (Å²) < 4.78 is 0. The molecule has 0 unspecified atom stereocenters. The number of hydrogen-bond acceptors (Lipinski definition) is 1. The van der Waals surface area contributed by atoms with Gasteiger partial charge in [0.25, 0.3) is 0 Å². The van der Waals surface area contributed by atoms with Crippen molar-refractivity contribution < 1.29 is 4.79 Å². The van der Waals surface area contributed by atoms with Gasteiger partial charge in [0.1, 0.15) is 0 Å². The van der Waals surface area contributed by atoms with Gasteiger partial charge in [-0.25, -0.2) is 4.79 Å². The molecular formula is C19H21ClN2O. The zero-order chi connectivity index (χ0) is 16.7. The number of carbonyl (C=O) groups is 1. The number of hydrogen-bond donors (Lipinski definition) is 2. The van der Waals surface area contributed by atoms with E-state index in [-0.39, 0.29) is 6.03 Å².